The van der Waals surface area contributed by atoms with E-state index in [0.29, 0.717) is 0 Å². The second-order valence-corrected chi connectivity index (χ2v) is 6.05. The molecule has 0 unspecified atom stereocenters. The molecule has 21 heavy (non-hydrogen) atoms. The average molecular weight is 346 g/mol. The van der Waals surface area contributed by atoms with E-state index in [9.17, 15) is 4.79 Å². The van der Waals surface area contributed by atoms with E-state index in [1.54, 1.807) is 0 Å². The first kappa shape index (κ1) is 15.8. The molecule has 0 spiro atoms. The number of benzene rings is 2. The Labute approximate surface area is 134 Å². The van der Waals surface area contributed by atoms with E-state index in [1.807, 2.05) is 55.1 Å². The summed E-state index contributed by atoms with van der Waals surface area (Å²) in [5.41, 5.74) is 3.10. The van der Waals surface area contributed by atoms with Crippen molar-refractivity contribution in [1.82, 2.24) is 4.90 Å². The van der Waals surface area contributed by atoms with Gasteiger partial charge in [-0.2, -0.15) is 0 Å². The van der Waals surface area contributed by atoms with Crippen LogP contribution in [0.4, 0.5) is 0 Å². The molecule has 0 aliphatic heterocycles. The van der Waals surface area contributed by atoms with Crippen LogP contribution < -0.4 is 0 Å². The maximum atomic E-state index is 12.6. The summed E-state index contributed by atoms with van der Waals surface area (Å²) >= 11 is 3.46. The summed E-state index contributed by atoms with van der Waals surface area (Å²) in [6, 6.07) is 16.1. The fourth-order valence-electron chi connectivity index (χ4n) is 2.35. The molecule has 1 amide bonds. The van der Waals surface area contributed by atoms with Gasteiger partial charge in [-0.3, -0.25) is 4.79 Å². The summed E-state index contributed by atoms with van der Waals surface area (Å²) in [5.74, 6) is 0.0952. The van der Waals surface area contributed by atoms with Gasteiger partial charge in [-0.25, -0.2) is 0 Å². The fourth-order valence-corrected chi connectivity index (χ4v) is 2.96. The lowest BCUT2D eigenvalue weighted by Gasteiger charge is -2.21. The molecule has 110 valence electrons. The van der Waals surface area contributed by atoms with Gasteiger partial charge in [0.2, 0.25) is 0 Å². The van der Waals surface area contributed by atoms with Gasteiger partial charge in [0.15, 0.2) is 0 Å². The van der Waals surface area contributed by atoms with Crippen LogP contribution in [0, 0.1) is 6.92 Å². The van der Waals surface area contributed by atoms with E-state index < -0.39 is 0 Å². The van der Waals surface area contributed by atoms with Gasteiger partial charge in [-0.1, -0.05) is 46.3 Å². The Morgan fingerprint density at radius 2 is 1.86 bits per heavy atom. The maximum Gasteiger partial charge on any atom is 0.253 e. The van der Waals surface area contributed by atoms with Crippen molar-refractivity contribution in [2.45, 2.75) is 20.3 Å². The first-order valence-electron chi connectivity index (χ1n) is 7.20. The van der Waals surface area contributed by atoms with E-state index in [4.69, 9.17) is 0 Å². The summed E-state index contributed by atoms with van der Waals surface area (Å²) in [6.07, 6.45) is 0.882. The molecule has 0 aromatic heterocycles. The first-order valence-corrected chi connectivity index (χ1v) is 8.00. The van der Waals surface area contributed by atoms with Crippen molar-refractivity contribution in [2.24, 2.45) is 0 Å². The Hall–Kier alpha value is -1.61. The van der Waals surface area contributed by atoms with Crippen molar-refractivity contribution in [1.29, 1.82) is 0 Å². The number of nitrogens with zero attached hydrogens (tertiary/aromatic N) is 1. The minimum atomic E-state index is 0.0952. The number of carbonyl (C=O) groups excluding carboxylic acids is 1. The van der Waals surface area contributed by atoms with E-state index in [1.165, 1.54) is 5.56 Å². The Morgan fingerprint density at radius 1 is 1.14 bits per heavy atom. The normalized spacial score (nSPS) is 10.4. The third-order valence-corrected chi connectivity index (χ3v) is 3.93. The van der Waals surface area contributed by atoms with Crippen LogP contribution in [0.5, 0.6) is 0 Å². The molecule has 2 aromatic rings. The highest BCUT2D eigenvalue weighted by Crippen LogP contribution is 2.17. The molecule has 0 fully saturated rings. The van der Waals surface area contributed by atoms with Crippen LogP contribution in [0.15, 0.2) is 53.0 Å². The van der Waals surface area contributed by atoms with E-state index in [0.717, 1.165) is 35.1 Å². The van der Waals surface area contributed by atoms with Gasteiger partial charge >= 0.3 is 0 Å². The number of hydrogen-bond donors (Lipinski definition) is 0. The largest absolute Gasteiger partial charge is 0.339 e. The molecule has 2 nitrogen and oxygen atoms in total. The predicted octanol–water partition coefficient (Wildman–Crippen LogP) is 4.46. The molecule has 0 aliphatic rings. The summed E-state index contributed by atoms with van der Waals surface area (Å²) in [4.78, 5) is 14.5. The van der Waals surface area contributed by atoms with Gasteiger partial charge in [0.1, 0.15) is 0 Å². The number of hydrogen-bond acceptors (Lipinski definition) is 1. The Kier molecular flexibility index (Phi) is 5.57. The lowest BCUT2D eigenvalue weighted by molar-refractivity contribution is 0.0766. The molecule has 2 rings (SSSR count). The number of likely N-dealkylation sites (N-methyl/N-ethyl adjacent to an activating group) is 1. The van der Waals surface area contributed by atoms with Crippen LogP contribution >= 0.6 is 15.9 Å². The van der Waals surface area contributed by atoms with Crippen LogP contribution in [-0.4, -0.2) is 23.9 Å². The molecular weight excluding hydrogens is 326 g/mol. The highest BCUT2D eigenvalue weighted by Gasteiger charge is 2.14. The fraction of sp³-hybridized carbons (Fsp3) is 0.278. The molecule has 2 aromatic carbocycles. The third-order valence-electron chi connectivity index (χ3n) is 3.47. The van der Waals surface area contributed by atoms with Gasteiger partial charge in [0.25, 0.3) is 5.91 Å². The minimum Gasteiger partial charge on any atom is -0.339 e. The van der Waals surface area contributed by atoms with E-state index >= 15 is 0 Å². The summed E-state index contributed by atoms with van der Waals surface area (Å²) in [7, 11) is 0. The monoisotopic (exact) mass is 345 g/mol. The first-order chi connectivity index (χ1) is 10.1. The summed E-state index contributed by atoms with van der Waals surface area (Å²) in [6.45, 7) is 5.48. The number of amides is 1. The van der Waals surface area contributed by atoms with Crippen molar-refractivity contribution in [3.8, 4) is 0 Å². The molecule has 0 radical (unpaired) electrons. The Morgan fingerprint density at radius 3 is 2.48 bits per heavy atom. The van der Waals surface area contributed by atoms with Gasteiger partial charge in [-0.15, -0.1) is 0 Å². The zero-order valence-electron chi connectivity index (χ0n) is 12.5. The lowest BCUT2D eigenvalue weighted by atomic mass is 10.1. The topological polar surface area (TPSA) is 20.3 Å². The molecule has 0 bridgehead atoms. The summed E-state index contributed by atoms with van der Waals surface area (Å²) in [5, 5.41) is 0. The maximum absolute atomic E-state index is 12.6. The van der Waals surface area contributed by atoms with E-state index in [-0.39, 0.29) is 5.91 Å². The van der Waals surface area contributed by atoms with Gasteiger partial charge in [-0.05, 0) is 49.6 Å². The third kappa shape index (κ3) is 4.43. The highest BCUT2D eigenvalue weighted by molar-refractivity contribution is 9.10. The Bertz CT molecular complexity index is 590. The van der Waals surface area contributed by atoms with E-state index in [2.05, 4.69) is 28.1 Å². The second-order valence-electron chi connectivity index (χ2n) is 5.14. The summed E-state index contributed by atoms with van der Waals surface area (Å²) < 4.78 is 0.949. The molecule has 0 heterocycles. The van der Waals surface area contributed by atoms with Crippen LogP contribution in [0.3, 0.4) is 0 Å². The zero-order chi connectivity index (χ0) is 15.2. The van der Waals surface area contributed by atoms with Crippen LogP contribution in [0.2, 0.25) is 0 Å². The lowest BCUT2D eigenvalue weighted by Crippen LogP contribution is -2.32. The highest BCUT2D eigenvalue weighted by atomic mass is 79.9. The number of carbonyl (C=O) groups is 1. The molecule has 0 aliphatic carbocycles. The molecule has 0 N–H and O–H groups in total. The standard InChI is InChI=1S/C18H20BrNO/c1-3-20(10-9-15-7-5-4-6-8-15)18(21)16-11-14(2)12-17(19)13-16/h4-8,11-13H,3,9-10H2,1-2H3. The molecule has 3 heteroatoms. The van der Waals surface area contributed by atoms with Crippen LogP contribution in [-0.2, 0) is 6.42 Å². The quantitative estimate of drug-likeness (QED) is 0.783. The zero-order valence-corrected chi connectivity index (χ0v) is 14.1. The van der Waals surface area contributed by atoms with Crippen molar-refractivity contribution in [3.05, 3.63) is 69.7 Å². The van der Waals surface area contributed by atoms with Crippen LogP contribution in [0.25, 0.3) is 0 Å². The molecule has 0 saturated carbocycles. The second kappa shape index (κ2) is 7.41. The van der Waals surface area contributed by atoms with Gasteiger partial charge in [0, 0.05) is 23.1 Å². The SMILES string of the molecule is CCN(CCc1ccccc1)C(=O)c1cc(C)cc(Br)c1. The number of halogens is 1. The molecule has 0 saturated heterocycles. The Balaban J connectivity index is 2.08. The van der Waals surface area contributed by atoms with Crippen molar-refractivity contribution < 1.29 is 4.79 Å². The number of rotatable bonds is 5. The number of aryl methyl sites for hydroxylation is 1. The van der Waals surface area contributed by atoms with Crippen molar-refractivity contribution in [2.75, 3.05) is 13.1 Å². The smallest absolute Gasteiger partial charge is 0.253 e. The van der Waals surface area contributed by atoms with Gasteiger partial charge < -0.3 is 4.90 Å². The minimum absolute atomic E-state index is 0.0952. The van der Waals surface area contributed by atoms with Crippen molar-refractivity contribution in [3.63, 3.8) is 0 Å². The van der Waals surface area contributed by atoms with Crippen LogP contribution in [0.1, 0.15) is 28.4 Å². The van der Waals surface area contributed by atoms with Gasteiger partial charge in [0.05, 0.1) is 0 Å². The average Bonchev–Trinajstić information content (AvgIpc) is 2.47. The predicted molar refractivity (Wildman–Crippen MR) is 90.6 cm³/mol. The van der Waals surface area contributed by atoms with Crippen molar-refractivity contribution >= 4 is 21.8 Å². The molecular formula is C18H20BrNO. The molecule has 0 atom stereocenters.